The molecule has 0 bridgehead atoms. The van der Waals surface area contributed by atoms with Crippen LogP contribution in [0, 0.1) is 0 Å². The van der Waals surface area contributed by atoms with Crippen molar-refractivity contribution in [1.29, 1.82) is 0 Å². The minimum Gasteiger partial charge on any atom is -0.431 e. The number of rotatable bonds is 4. The molecule has 0 aliphatic rings. The standard InChI is InChI=1S/C10H12F2O2/c1-2-9(13)10(11,12)14-8-6-4-3-5-7-8/h3-7,9,13H,2H2,1H3. The summed E-state index contributed by atoms with van der Waals surface area (Å²) in [5.41, 5.74) is 0. The van der Waals surface area contributed by atoms with E-state index in [1.54, 1.807) is 18.2 Å². The molecular weight excluding hydrogens is 190 g/mol. The van der Waals surface area contributed by atoms with Gasteiger partial charge >= 0.3 is 6.11 Å². The number of hydrogen-bond donors (Lipinski definition) is 1. The largest absolute Gasteiger partial charge is 0.431 e. The highest BCUT2D eigenvalue weighted by atomic mass is 19.3. The molecule has 0 spiro atoms. The molecule has 0 heterocycles. The first-order valence-corrected chi connectivity index (χ1v) is 4.36. The zero-order valence-corrected chi connectivity index (χ0v) is 7.78. The molecule has 0 aromatic heterocycles. The van der Waals surface area contributed by atoms with Crippen molar-refractivity contribution in [3.8, 4) is 5.75 Å². The first-order valence-electron chi connectivity index (χ1n) is 4.36. The zero-order valence-electron chi connectivity index (χ0n) is 7.78. The molecule has 78 valence electrons. The first kappa shape index (κ1) is 10.9. The van der Waals surface area contributed by atoms with Crippen molar-refractivity contribution in [2.24, 2.45) is 0 Å². The van der Waals surface area contributed by atoms with Gasteiger partial charge in [0.25, 0.3) is 0 Å². The molecule has 1 aromatic carbocycles. The van der Waals surface area contributed by atoms with E-state index in [1.165, 1.54) is 19.1 Å². The Balaban J connectivity index is 2.68. The second-order valence-electron chi connectivity index (χ2n) is 2.90. The molecule has 1 rings (SSSR count). The Hall–Kier alpha value is -1.16. The van der Waals surface area contributed by atoms with Crippen LogP contribution in [0.4, 0.5) is 8.78 Å². The molecule has 4 heteroatoms. The number of alkyl halides is 2. The molecule has 0 fully saturated rings. The molecule has 1 atom stereocenters. The molecule has 14 heavy (non-hydrogen) atoms. The number of para-hydroxylation sites is 1. The van der Waals surface area contributed by atoms with Crippen LogP contribution >= 0.6 is 0 Å². The van der Waals surface area contributed by atoms with Crippen LogP contribution in [-0.2, 0) is 0 Å². The van der Waals surface area contributed by atoms with E-state index in [1.807, 2.05) is 0 Å². The van der Waals surface area contributed by atoms with E-state index in [2.05, 4.69) is 4.74 Å². The van der Waals surface area contributed by atoms with E-state index in [-0.39, 0.29) is 12.2 Å². The predicted octanol–water partition coefficient (Wildman–Crippen LogP) is 2.43. The molecular formula is C10H12F2O2. The molecule has 0 aliphatic heterocycles. The number of aliphatic hydroxyl groups excluding tert-OH is 1. The summed E-state index contributed by atoms with van der Waals surface area (Å²) in [5.74, 6) is 0.0463. The van der Waals surface area contributed by atoms with Crippen LogP contribution in [0.2, 0.25) is 0 Å². The Kier molecular flexibility index (Phi) is 3.41. The quantitative estimate of drug-likeness (QED) is 0.812. The summed E-state index contributed by atoms with van der Waals surface area (Å²) in [6, 6.07) is 7.70. The predicted molar refractivity (Wildman–Crippen MR) is 48.3 cm³/mol. The third-order valence-electron chi connectivity index (χ3n) is 1.77. The van der Waals surface area contributed by atoms with Crippen molar-refractivity contribution < 1.29 is 18.6 Å². The van der Waals surface area contributed by atoms with Gasteiger partial charge in [-0.05, 0) is 18.6 Å². The van der Waals surface area contributed by atoms with Gasteiger partial charge < -0.3 is 9.84 Å². The van der Waals surface area contributed by atoms with E-state index in [9.17, 15) is 8.78 Å². The number of benzene rings is 1. The minimum atomic E-state index is -3.53. The summed E-state index contributed by atoms with van der Waals surface area (Å²) in [6.45, 7) is 1.47. The topological polar surface area (TPSA) is 29.5 Å². The lowest BCUT2D eigenvalue weighted by Crippen LogP contribution is -2.38. The third-order valence-corrected chi connectivity index (χ3v) is 1.77. The summed E-state index contributed by atoms with van der Waals surface area (Å²) in [6.07, 6.45) is -5.36. The Bertz CT molecular complexity index is 275. The number of halogens is 2. The highest BCUT2D eigenvalue weighted by molar-refractivity contribution is 5.21. The van der Waals surface area contributed by atoms with Crippen molar-refractivity contribution in [2.75, 3.05) is 0 Å². The van der Waals surface area contributed by atoms with Gasteiger partial charge in [-0.3, -0.25) is 0 Å². The third kappa shape index (κ3) is 2.67. The number of ether oxygens (including phenoxy) is 1. The molecule has 0 saturated carbocycles. The van der Waals surface area contributed by atoms with E-state index in [0.717, 1.165) is 0 Å². The van der Waals surface area contributed by atoms with Crippen LogP contribution in [-0.4, -0.2) is 17.3 Å². The average Bonchev–Trinajstić information content (AvgIpc) is 2.17. The maximum absolute atomic E-state index is 13.0. The van der Waals surface area contributed by atoms with Crippen LogP contribution in [0.15, 0.2) is 30.3 Å². The van der Waals surface area contributed by atoms with E-state index in [0.29, 0.717) is 0 Å². The molecule has 0 saturated heterocycles. The fourth-order valence-electron chi connectivity index (χ4n) is 0.951. The molecule has 2 nitrogen and oxygen atoms in total. The molecule has 1 aromatic rings. The highest BCUT2D eigenvalue weighted by Crippen LogP contribution is 2.25. The summed E-state index contributed by atoms with van der Waals surface area (Å²) >= 11 is 0. The maximum Gasteiger partial charge on any atom is 0.424 e. The van der Waals surface area contributed by atoms with Gasteiger partial charge in [-0.2, -0.15) is 8.78 Å². The fraction of sp³-hybridized carbons (Fsp3) is 0.400. The normalized spacial score (nSPS) is 13.7. The van der Waals surface area contributed by atoms with Crippen LogP contribution in [0.1, 0.15) is 13.3 Å². The van der Waals surface area contributed by atoms with Crippen molar-refractivity contribution in [2.45, 2.75) is 25.6 Å². The number of hydrogen-bond acceptors (Lipinski definition) is 2. The van der Waals surface area contributed by atoms with Gasteiger partial charge in [0.15, 0.2) is 6.10 Å². The van der Waals surface area contributed by atoms with Gasteiger partial charge in [0.1, 0.15) is 5.75 Å². The van der Waals surface area contributed by atoms with Crippen molar-refractivity contribution in [3.05, 3.63) is 30.3 Å². The van der Waals surface area contributed by atoms with E-state index >= 15 is 0 Å². The van der Waals surface area contributed by atoms with Gasteiger partial charge in [0.2, 0.25) is 0 Å². The second kappa shape index (κ2) is 4.37. The van der Waals surface area contributed by atoms with Gasteiger partial charge in [-0.1, -0.05) is 25.1 Å². The minimum absolute atomic E-state index is 0.0463. The van der Waals surface area contributed by atoms with Crippen LogP contribution in [0.25, 0.3) is 0 Å². The fourth-order valence-corrected chi connectivity index (χ4v) is 0.951. The summed E-state index contributed by atoms with van der Waals surface area (Å²) in [7, 11) is 0. The zero-order chi connectivity index (χ0) is 10.6. The first-order chi connectivity index (χ1) is 6.56. The monoisotopic (exact) mass is 202 g/mol. The van der Waals surface area contributed by atoms with Gasteiger partial charge in [-0.25, -0.2) is 0 Å². The Morgan fingerprint density at radius 2 is 1.93 bits per heavy atom. The summed E-state index contributed by atoms with van der Waals surface area (Å²) in [5, 5.41) is 8.97. The molecule has 0 radical (unpaired) electrons. The lowest BCUT2D eigenvalue weighted by Gasteiger charge is -2.21. The van der Waals surface area contributed by atoms with Crippen LogP contribution < -0.4 is 4.74 Å². The van der Waals surface area contributed by atoms with Crippen molar-refractivity contribution in [3.63, 3.8) is 0 Å². The lowest BCUT2D eigenvalue weighted by molar-refractivity contribution is -0.239. The molecule has 1 unspecified atom stereocenters. The van der Waals surface area contributed by atoms with Gasteiger partial charge in [0, 0.05) is 0 Å². The molecule has 1 N–H and O–H groups in total. The van der Waals surface area contributed by atoms with Gasteiger partial charge in [0.05, 0.1) is 0 Å². The molecule has 0 aliphatic carbocycles. The maximum atomic E-state index is 13.0. The van der Waals surface area contributed by atoms with Crippen molar-refractivity contribution >= 4 is 0 Å². The number of aliphatic hydroxyl groups is 1. The average molecular weight is 202 g/mol. The Morgan fingerprint density at radius 1 is 1.36 bits per heavy atom. The lowest BCUT2D eigenvalue weighted by atomic mass is 10.2. The SMILES string of the molecule is CCC(O)C(F)(F)Oc1ccccc1. The van der Waals surface area contributed by atoms with Crippen LogP contribution in [0.3, 0.4) is 0 Å². The van der Waals surface area contributed by atoms with E-state index < -0.39 is 12.2 Å². The Labute approximate surface area is 81.1 Å². The second-order valence-corrected chi connectivity index (χ2v) is 2.90. The summed E-state index contributed by atoms with van der Waals surface area (Å²) in [4.78, 5) is 0. The highest BCUT2D eigenvalue weighted by Gasteiger charge is 2.40. The van der Waals surface area contributed by atoms with Crippen molar-refractivity contribution in [1.82, 2.24) is 0 Å². The van der Waals surface area contributed by atoms with Crippen LogP contribution in [0.5, 0.6) is 5.75 Å². The van der Waals surface area contributed by atoms with Gasteiger partial charge in [-0.15, -0.1) is 0 Å². The smallest absolute Gasteiger partial charge is 0.424 e. The van der Waals surface area contributed by atoms with E-state index in [4.69, 9.17) is 5.11 Å². The summed E-state index contributed by atoms with van der Waals surface area (Å²) < 4.78 is 30.4. The molecule has 0 amide bonds. The Morgan fingerprint density at radius 3 is 2.43 bits per heavy atom.